The molecule has 3 aromatic heterocycles. The lowest BCUT2D eigenvalue weighted by Gasteiger charge is -2.15. The second-order valence-electron chi connectivity index (χ2n) is 6.37. The van der Waals surface area contributed by atoms with E-state index < -0.39 is 17.8 Å². The lowest BCUT2D eigenvalue weighted by Crippen LogP contribution is -2.33. The van der Waals surface area contributed by atoms with E-state index in [-0.39, 0.29) is 11.7 Å². The maximum atomic E-state index is 13.2. The molecule has 28 heavy (non-hydrogen) atoms. The summed E-state index contributed by atoms with van der Waals surface area (Å²) in [6.45, 7) is 0.515. The number of rotatable bonds is 4. The van der Waals surface area contributed by atoms with Gasteiger partial charge in [0.25, 0.3) is 0 Å². The molecule has 146 valence electrons. The number of halogens is 3. The van der Waals surface area contributed by atoms with Crippen LogP contribution in [0, 0.1) is 0 Å². The molecular weight excluding hydrogens is 375 g/mol. The first-order valence-corrected chi connectivity index (χ1v) is 8.48. The number of aromatic nitrogens is 5. The summed E-state index contributed by atoms with van der Waals surface area (Å²) in [5.74, 6) is -0.167. The van der Waals surface area contributed by atoms with Gasteiger partial charge in [0, 0.05) is 38.2 Å². The topological polar surface area (TPSA) is 80.9 Å². The summed E-state index contributed by atoms with van der Waals surface area (Å²) in [7, 11) is 1.76. The molecule has 0 aromatic carbocycles. The van der Waals surface area contributed by atoms with Crippen molar-refractivity contribution in [2.45, 2.75) is 18.6 Å². The molecule has 1 unspecified atom stereocenters. The number of amides is 1. The molecule has 1 atom stereocenters. The molecule has 0 saturated carbocycles. The van der Waals surface area contributed by atoms with Crippen LogP contribution in [0.25, 0.3) is 5.82 Å². The Kier molecular flexibility index (Phi) is 4.28. The van der Waals surface area contributed by atoms with Gasteiger partial charge in [-0.2, -0.15) is 18.3 Å². The SMILES string of the molecule is Cn1cc(N2CCC(Nc3ccn(-c4ncccc4C(F)(F)F)n3)C2=O)cn1. The van der Waals surface area contributed by atoms with Crippen LogP contribution in [0.5, 0.6) is 0 Å². The molecular formula is C17H16F3N7O. The van der Waals surface area contributed by atoms with Crippen LogP contribution in [0.4, 0.5) is 24.7 Å². The Labute approximate surface area is 157 Å². The Morgan fingerprint density at radius 2 is 2.11 bits per heavy atom. The third kappa shape index (κ3) is 3.30. The molecule has 0 bridgehead atoms. The summed E-state index contributed by atoms with van der Waals surface area (Å²) >= 11 is 0. The number of anilines is 2. The van der Waals surface area contributed by atoms with Gasteiger partial charge in [0.15, 0.2) is 5.82 Å². The van der Waals surface area contributed by atoms with Gasteiger partial charge in [-0.3, -0.25) is 9.48 Å². The molecule has 4 heterocycles. The zero-order chi connectivity index (χ0) is 19.9. The molecule has 4 rings (SSSR count). The summed E-state index contributed by atoms with van der Waals surface area (Å²) < 4.78 is 42.2. The number of pyridine rings is 1. The molecule has 0 aliphatic carbocycles. The molecule has 1 saturated heterocycles. The minimum absolute atomic E-state index is 0.142. The molecule has 8 nitrogen and oxygen atoms in total. The van der Waals surface area contributed by atoms with Crippen LogP contribution in [-0.4, -0.2) is 43.0 Å². The van der Waals surface area contributed by atoms with Crippen LogP contribution in [0.3, 0.4) is 0 Å². The van der Waals surface area contributed by atoms with Crippen molar-refractivity contribution in [2.75, 3.05) is 16.8 Å². The van der Waals surface area contributed by atoms with E-state index in [2.05, 4.69) is 20.5 Å². The van der Waals surface area contributed by atoms with E-state index in [4.69, 9.17) is 0 Å². The van der Waals surface area contributed by atoms with Crippen LogP contribution in [0.15, 0.2) is 43.0 Å². The largest absolute Gasteiger partial charge is 0.420 e. The number of alkyl halides is 3. The normalized spacial score (nSPS) is 17.4. The zero-order valence-corrected chi connectivity index (χ0v) is 14.8. The second-order valence-corrected chi connectivity index (χ2v) is 6.37. The highest BCUT2D eigenvalue weighted by Crippen LogP contribution is 2.32. The van der Waals surface area contributed by atoms with E-state index in [1.807, 2.05) is 0 Å². The van der Waals surface area contributed by atoms with E-state index in [0.717, 1.165) is 10.7 Å². The third-order valence-corrected chi connectivity index (χ3v) is 4.43. The summed E-state index contributed by atoms with van der Waals surface area (Å²) in [5, 5.41) is 11.2. The number of carbonyl (C=O) groups is 1. The highest BCUT2D eigenvalue weighted by atomic mass is 19.4. The van der Waals surface area contributed by atoms with Gasteiger partial charge >= 0.3 is 6.18 Å². The molecule has 1 aliphatic heterocycles. The van der Waals surface area contributed by atoms with Crippen molar-refractivity contribution < 1.29 is 18.0 Å². The zero-order valence-electron chi connectivity index (χ0n) is 14.8. The lowest BCUT2D eigenvalue weighted by atomic mass is 10.2. The van der Waals surface area contributed by atoms with E-state index in [1.165, 1.54) is 24.5 Å². The minimum Gasteiger partial charge on any atom is -0.357 e. The number of aryl methyl sites for hydroxylation is 1. The summed E-state index contributed by atoms with van der Waals surface area (Å²) in [5.41, 5.74) is -0.185. The Morgan fingerprint density at radius 3 is 2.82 bits per heavy atom. The van der Waals surface area contributed by atoms with Crippen LogP contribution in [0.1, 0.15) is 12.0 Å². The van der Waals surface area contributed by atoms with Gasteiger partial charge in [0.2, 0.25) is 5.91 Å². The smallest absolute Gasteiger partial charge is 0.357 e. The van der Waals surface area contributed by atoms with Crippen molar-refractivity contribution in [1.82, 2.24) is 24.5 Å². The monoisotopic (exact) mass is 391 g/mol. The number of nitrogens with one attached hydrogen (secondary N) is 1. The van der Waals surface area contributed by atoms with Crippen molar-refractivity contribution >= 4 is 17.4 Å². The molecule has 1 aliphatic rings. The molecule has 1 fully saturated rings. The fourth-order valence-electron chi connectivity index (χ4n) is 3.12. The van der Waals surface area contributed by atoms with Gasteiger partial charge in [0.1, 0.15) is 17.4 Å². The molecule has 0 radical (unpaired) electrons. The maximum Gasteiger partial charge on any atom is 0.420 e. The van der Waals surface area contributed by atoms with Crippen molar-refractivity contribution in [3.8, 4) is 5.82 Å². The van der Waals surface area contributed by atoms with Crippen molar-refractivity contribution in [3.05, 3.63) is 48.5 Å². The molecule has 1 N–H and O–H groups in total. The van der Waals surface area contributed by atoms with Crippen molar-refractivity contribution in [1.29, 1.82) is 0 Å². The van der Waals surface area contributed by atoms with Gasteiger partial charge < -0.3 is 10.2 Å². The quantitative estimate of drug-likeness (QED) is 0.738. The summed E-state index contributed by atoms with van der Waals surface area (Å²) in [6.07, 6.45) is 1.99. The van der Waals surface area contributed by atoms with Gasteiger partial charge in [-0.1, -0.05) is 0 Å². The third-order valence-electron chi connectivity index (χ3n) is 4.43. The Morgan fingerprint density at radius 1 is 1.29 bits per heavy atom. The number of nitrogens with zero attached hydrogens (tertiary/aromatic N) is 6. The number of hydrogen-bond donors (Lipinski definition) is 1. The summed E-state index contributed by atoms with van der Waals surface area (Å²) in [4.78, 5) is 18.0. The average molecular weight is 391 g/mol. The van der Waals surface area contributed by atoms with Gasteiger partial charge in [-0.25, -0.2) is 9.67 Å². The highest BCUT2D eigenvalue weighted by Gasteiger charge is 2.36. The average Bonchev–Trinajstić information content (AvgIpc) is 3.36. The van der Waals surface area contributed by atoms with Crippen molar-refractivity contribution in [2.24, 2.45) is 7.05 Å². The molecule has 1 amide bonds. The number of carbonyl (C=O) groups excluding carboxylic acids is 1. The first kappa shape index (κ1) is 18.0. The van der Waals surface area contributed by atoms with Crippen molar-refractivity contribution in [3.63, 3.8) is 0 Å². The van der Waals surface area contributed by atoms with Crippen LogP contribution < -0.4 is 10.2 Å². The predicted octanol–water partition coefficient (Wildman–Crippen LogP) is 2.24. The first-order chi connectivity index (χ1) is 13.3. The number of hydrogen-bond acceptors (Lipinski definition) is 5. The summed E-state index contributed by atoms with van der Waals surface area (Å²) in [6, 6.07) is 3.16. The fraction of sp³-hybridized carbons (Fsp3) is 0.294. The highest BCUT2D eigenvalue weighted by molar-refractivity contribution is 6.00. The predicted molar refractivity (Wildman–Crippen MR) is 93.9 cm³/mol. The minimum atomic E-state index is -4.55. The second kappa shape index (κ2) is 6.66. The Hall–Kier alpha value is -3.37. The van der Waals surface area contributed by atoms with E-state index in [1.54, 1.807) is 29.0 Å². The van der Waals surface area contributed by atoms with E-state index in [0.29, 0.717) is 24.5 Å². The fourth-order valence-corrected chi connectivity index (χ4v) is 3.12. The first-order valence-electron chi connectivity index (χ1n) is 8.48. The van der Waals surface area contributed by atoms with Crippen LogP contribution in [-0.2, 0) is 18.0 Å². The van der Waals surface area contributed by atoms with Gasteiger partial charge in [-0.15, -0.1) is 5.10 Å². The van der Waals surface area contributed by atoms with Crippen LogP contribution >= 0.6 is 0 Å². The van der Waals surface area contributed by atoms with Gasteiger partial charge in [-0.05, 0) is 18.6 Å². The van der Waals surface area contributed by atoms with Crippen LogP contribution in [0.2, 0.25) is 0 Å². The van der Waals surface area contributed by atoms with Gasteiger partial charge in [0.05, 0.1) is 11.9 Å². The standard InChI is InChI=1S/C17H16F3N7O/c1-25-10-11(9-22-25)26-7-4-13(16(26)28)23-14-5-8-27(24-14)15-12(17(18,19)20)3-2-6-21-15/h2-3,5-6,8-10,13H,4,7H2,1H3,(H,23,24). The molecule has 0 spiro atoms. The lowest BCUT2D eigenvalue weighted by molar-refractivity contribution is -0.137. The Bertz CT molecular complexity index is 1010. The maximum absolute atomic E-state index is 13.2. The molecule has 3 aromatic rings. The van der Waals surface area contributed by atoms with E-state index >= 15 is 0 Å². The van der Waals surface area contributed by atoms with E-state index in [9.17, 15) is 18.0 Å². The Balaban J connectivity index is 1.52. The molecule has 11 heteroatoms.